The van der Waals surface area contributed by atoms with Crippen LogP contribution in [0.25, 0.3) is 10.8 Å². The second-order valence-electron chi connectivity index (χ2n) is 7.78. The maximum atomic E-state index is 13.2. The highest BCUT2D eigenvalue weighted by Gasteiger charge is 2.23. The van der Waals surface area contributed by atoms with Crippen LogP contribution in [-0.4, -0.2) is 11.9 Å². The van der Waals surface area contributed by atoms with Crippen LogP contribution in [0.3, 0.4) is 0 Å². The Balaban J connectivity index is 1.61. The van der Waals surface area contributed by atoms with Gasteiger partial charge in [0.1, 0.15) is 0 Å². The number of carbonyl (C=O) groups is 1. The third kappa shape index (κ3) is 5.10. The van der Waals surface area contributed by atoms with Crippen molar-refractivity contribution >= 4 is 39.9 Å². The van der Waals surface area contributed by atoms with Gasteiger partial charge in [-0.3, -0.25) is 4.79 Å². The molecule has 156 valence electrons. The zero-order valence-corrected chi connectivity index (χ0v) is 18.7. The summed E-state index contributed by atoms with van der Waals surface area (Å²) in [4.78, 5) is 13.2. The Morgan fingerprint density at radius 2 is 1.42 bits per heavy atom. The number of nitrogens with one attached hydrogen (secondary N) is 1. The van der Waals surface area contributed by atoms with Gasteiger partial charge in [-0.1, -0.05) is 83.9 Å². The molecule has 0 heterocycles. The molecule has 0 fully saturated rings. The van der Waals surface area contributed by atoms with E-state index in [1.165, 1.54) is 0 Å². The molecule has 31 heavy (non-hydrogen) atoms. The van der Waals surface area contributed by atoms with Gasteiger partial charge in [-0.15, -0.1) is 0 Å². The quantitative estimate of drug-likeness (QED) is 0.330. The lowest BCUT2D eigenvalue weighted by Crippen LogP contribution is -2.38. The summed E-state index contributed by atoms with van der Waals surface area (Å²) in [7, 11) is 0. The Labute approximate surface area is 192 Å². The first-order chi connectivity index (χ1) is 15.0. The maximum Gasteiger partial charge on any atom is 0.252 e. The molecule has 1 amide bonds. The van der Waals surface area contributed by atoms with E-state index in [0.717, 1.165) is 28.3 Å². The van der Waals surface area contributed by atoms with Gasteiger partial charge in [-0.25, -0.2) is 0 Å². The van der Waals surface area contributed by atoms with Crippen molar-refractivity contribution in [1.82, 2.24) is 5.32 Å². The second-order valence-corrected chi connectivity index (χ2v) is 8.65. The van der Waals surface area contributed by atoms with Gasteiger partial charge in [0.15, 0.2) is 0 Å². The molecule has 4 heteroatoms. The first-order valence-electron chi connectivity index (χ1n) is 10.3. The zero-order chi connectivity index (χ0) is 21.8. The van der Waals surface area contributed by atoms with Gasteiger partial charge in [0.05, 0.1) is 0 Å². The van der Waals surface area contributed by atoms with Crippen molar-refractivity contribution in [2.75, 3.05) is 0 Å². The minimum absolute atomic E-state index is 0.0700. The van der Waals surface area contributed by atoms with Crippen LogP contribution < -0.4 is 5.32 Å². The van der Waals surface area contributed by atoms with Gasteiger partial charge in [-0.2, -0.15) is 0 Å². The molecule has 0 saturated carbocycles. The van der Waals surface area contributed by atoms with Crippen molar-refractivity contribution in [2.24, 2.45) is 0 Å². The lowest BCUT2D eigenvalue weighted by molar-refractivity contribution is 0.0936. The lowest BCUT2D eigenvalue weighted by Gasteiger charge is -2.26. The van der Waals surface area contributed by atoms with Crippen molar-refractivity contribution in [2.45, 2.75) is 25.3 Å². The smallest absolute Gasteiger partial charge is 0.252 e. The van der Waals surface area contributed by atoms with E-state index in [1.54, 1.807) is 0 Å². The molecule has 0 aromatic heterocycles. The Morgan fingerprint density at radius 1 is 0.806 bits per heavy atom. The molecule has 0 radical (unpaired) electrons. The molecule has 0 aliphatic heterocycles. The molecule has 0 spiro atoms. The van der Waals surface area contributed by atoms with Crippen LogP contribution in [0.2, 0.25) is 10.0 Å². The topological polar surface area (TPSA) is 29.1 Å². The van der Waals surface area contributed by atoms with Gasteiger partial charge in [0.25, 0.3) is 5.91 Å². The number of hydrogen-bond donors (Lipinski definition) is 1. The average molecular weight is 448 g/mol. The van der Waals surface area contributed by atoms with E-state index in [1.807, 2.05) is 91.0 Å². The van der Waals surface area contributed by atoms with Gasteiger partial charge >= 0.3 is 0 Å². The van der Waals surface area contributed by atoms with Crippen LogP contribution in [0.1, 0.15) is 34.3 Å². The fourth-order valence-electron chi connectivity index (χ4n) is 3.98. The SMILES string of the molecule is C[C@@H](NC(=O)c1cccc2ccccc12)[C@H](Cc1ccc(Cl)cc1)c1ccc(Cl)cc1. The van der Waals surface area contributed by atoms with Crippen molar-refractivity contribution in [1.29, 1.82) is 0 Å². The van der Waals surface area contributed by atoms with Crippen LogP contribution in [0.15, 0.2) is 91.0 Å². The first kappa shape index (κ1) is 21.4. The summed E-state index contributed by atoms with van der Waals surface area (Å²) in [6, 6.07) is 29.4. The molecule has 4 aromatic carbocycles. The number of halogens is 2. The van der Waals surface area contributed by atoms with Crippen LogP contribution in [0.4, 0.5) is 0 Å². The number of hydrogen-bond acceptors (Lipinski definition) is 1. The summed E-state index contributed by atoms with van der Waals surface area (Å²) >= 11 is 12.2. The Morgan fingerprint density at radius 3 is 2.13 bits per heavy atom. The van der Waals surface area contributed by atoms with E-state index < -0.39 is 0 Å². The molecule has 4 aromatic rings. The average Bonchev–Trinajstić information content (AvgIpc) is 2.79. The molecule has 2 nitrogen and oxygen atoms in total. The predicted molar refractivity (Wildman–Crippen MR) is 130 cm³/mol. The lowest BCUT2D eigenvalue weighted by atomic mass is 9.86. The molecule has 0 aliphatic rings. The summed E-state index contributed by atoms with van der Waals surface area (Å²) in [6.07, 6.45) is 0.774. The molecule has 2 atom stereocenters. The summed E-state index contributed by atoms with van der Waals surface area (Å²) in [5.41, 5.74) is 2.98. The second kappa shape index (κ2) is 9.55. The maximum absolute atomic E-state index is 13.2. The monoisotopic (exact) mass is 447 g/mol. The molecular weight excluding hydrogens is 425 g/mol. The van der Waals surface area contributed by atoms with Gasteiger partial charge in [-0.05, 0) is 65.6 Å². The van der Waals surface area contributed by atoms with Crippen LogP contribution in [0, 0.1) is 0 Å². The summed E-state index contributed by atoms with van der Waals surface area (Å²) in [6.45, 7) is 2.05. The molecule has 0 unspecified atom stereocenters. The van der Waals surface area contributed by atoms with Crippen LogP contribution in [-0.2, 0) is 6.42 Å². The minimum atomic E-state index is -0.0941. The highest BCUT2D eigenvalue weighted by Crippen LogP contribution is 2.27. The van der Waals surface area contributed by atoms with E-state index >= 15 is 0 Å². The molecule has 4 rings (SSSR count). The number of amides is 1. The zero-order valence-electron chi connectivity index (χ0n) is 17.2. The third-order valence-corrected chi connectivity index (χ3v) is 6.17. The first-order valence-corrected chi connectivity index (χ1v) is 11.1. The largest absolute Gasteiger partial charge is 0.349 e. The fraction of sp³-hybridized carbons (Fsp3) is 0.148. The number of carbonyl (C=O) groups excluding carboxylic acids is 1. The summed E-state index contributed by atoms with van der Waals surface area (Å²) in [5.74, 6) is 0.0109. The van der Waals surface area contributed by atoms with Crippen molar-refractivity contribution in [3.63, 3.8) is 0 Å². The minimum Gasteiger partial charge on any atom is -0.349 e. The van der Waals surface area contributed by atoms with Gasteiger partial charge in [0.2, 0.25) is 0 Å². The predicted octanol–water partition coefficient (Wildman–Crippen LogP) is 7.29. The van der Waals surface area contributed by atoms with Crippen molar-refractivity contribution in [3.8, 4) is 0 Å². The number of fused-ring (bicyclic) bond motifs is 1. The van der Waals surface area contributed by atoms with E-state index in [0.29, 0.717) is 15.6 Å². The van der Waals surface area contributed by atoms with E-state index in [9.17, 15) is 4.79 Å². The van der Waals surface area contributed by atoms with Crippen molar-refractivity contribution < 1.29 is 4.79 Å². The Hall–Kier alpha value is -2.81. The Kier molecular flexibility index (Phi) is 6.60. The van der Waals surface area contributed by atoms with Gasteiger partial charge in [0, 0.05) is 27.6 Å². The molecule has 0 aliphatic carbocycles. The highest BCUT2D eigenvalue weighted by molar-refractivity contribution is 6.30. The highest BCUT2D eigenvalue weighted by atomic mass is 35.5. The summed E-state index contributed by atoms with van der Waals surface area (Å²) < 4.78 is 0. The molecule has 0 bridgehead atoms. The summed E-state index contributed by atoms with van der Waals surface area (Å²) in [5, 5.41) is 6.65. The van der Waals surface area contributed by atoms with Gasteiger partial charge < -0.3 is 5.32 Å². The van der Waals surface area contributed by atoms with Crippen LogP contribution >= 0.6 is 23.2 Å². The van der Waals surface area contributed by atoms with Crippen LogP contribution in [0.5, 0.6) is 0 Å². The van der Waals surface area contributed by atoms with E-state index in [-0.39, 0.29) is 17.9 Å². The molecular formula is C27H23Cl2NO. The third-order valence-electron chi connectivity index (χ3n) is 5.66. The number of rotatable bonds is 6. The van der Waals surface area contributed by atoms with E-state index in [4.69, 9.17) is 23.2 Å². The fourth-order valence-corrected chi connectivity index (χ4v) is 4.23. The molecule has 0 saturated heterocycles. The normalized spacial score (nSPS) is 13.0. The Bertz CT molecular complexity index is 1180. The molecule has 1 N–H and O–H groups in total. The standard InChI is InChI=1S/C27H23Cl2NO/c1-18(30-27(31)25-8-4-6-20-5-2-3-7-24(20)25)26(21-11-15-23(29)16-12-21)17-19-9-13-22(28)14-10-19/h2-16,18,26H,17H2,1H3,(H,30,31)/t18-,26+/m1/s1. The van der Waals surface area contributed by atoms with E-state index in [2.05, 4.69) is 12.2 Å². The van der Waals surface area contributed by atoms with Crippen molar-refractivity contribution in [3.05, 3.63) is 118 Å². The number of benzene rings is 4.